The summed E-state index contributed by atoms with van der Waals surface area (Å²) in [4.78, 5) is 11.6. The van der Waals surface area contributed by atoms with Crippen LogP contribution in [0.5, 0.6) is 0 Å². The Labute approximate surface area is 122 Å². The van der Waals surface area contributed by atoms with Crippen LogP contribution in [0.2, 0.25) is 0 Å². The van der Waals surface area contributed by atoms with Crippen LogP contribution in [0.15, 0.2) is 64.8 Å². The number of benzene rings is 2. The predicted octanol–water partition coefficient (Wildman–Crippen LogP) is 4.19. The molecule has 0 unspecified atom stereocenters. The number of carbonyl (C=O) groups excluding carboxylic acids is 1. The van der Waals surface area contributed by atoms with Crippen LogP contribution < -0.4 is 0 Å². The van der Waals surface area contributed by atoms with E-state index in [1.54, 1.807) is 24.3 Å². The highest BCUT2D eigenvalue weighted by Crippen LogP contribution is 2.18. The van der Waals surface area contributed by atoms with Crippen molar-refractivity contribution in [3.05, 3.63) is 60.2 Å². The first-order chi connectivity index (χ1) is 9.79. The Bertz CT molecular complexity index is 583. The Hall–Kier alpha value is -2.14. The number of azo groups is 1. The van der Waals surface area contributed by atoms with Gasteiger partial charge in [-0.15, -0.1) is 0 Å². The number of esters is 1. The van der Waals surface area contributed by atoms with Crippen molar-refractivity contribution in [2.24, 2.45) is 10.2 Å². The first-order valence-corrected chi connectivity index (χ1v) is 6.77. The smallest absolute Gasteiger partial charge is 0.338 e. The van der Waals surface area contributed by atoms with E-state index in [-0.39, 0.29) is 5.97 Å². The third kappa shape index (κ3) is 4.20. The lowest BCUT2D eigenvalue weighted by atomic mass is 10.2. The molecule has 0 spiro atoms. The van der Waals surface area contributed by atoms with Gasteiger partial charge in [0, 0.05) is 5.75 Å². The Morgan fingerprint density at radius 3 is 2.15 bits per heavy atom. The van der Waals surface area contributed by atoms with Gasteiger partial charge in [-0.25, -0.2) is 4.79 Å². The number of nitrogens with zero attached hydrogens (tertiary/aromatic N) is 2. The maximum Gasteiger partial charge on any atom is 0.338 e. The highest BCUT2D eigenvalue weighted by molar-refractivity contribution is 7.80. The van der Waals surface area contributed by atoms with Crippen molar-refractivity contribution in [3.8, 4) is 0 Å². The fourth-order valence-corrected chi connectivity index (χ4v) is 1.59. The van der Waals surface area contributed by atoms with Crippen molar-refractivity contribution < 1.29 is 9.53 Å². The van der Waals surface area contributed by atoms with Gasteiger partial charge in [0.1, 0.15) is 6.61 Å². The Morgan fingerprint density at radius 2 is 1.55 bits per heavy atom. The van der Waals surface area contributed by atoms with Crippen LogP contribution in [0, 0.1) is 0 Å². The summed E-state index contributed by atoms with van der Waals surface area (Å²) in [6.07, 6.45) is 0. The van der Waals surface area contributed by atoms with Crippen molar-refractivity contribution in [2.45, 2.75) is 0 Å². The van der Waals surface area contributed by atoms with Gasteiger partial charge in [-0.2, -0.15) is 22.9 Å². The fraction of sp³-hybridized carbons (Fsp3) is 0.133. The molecule has 0 amide bonds. The Kier molecular flexibility index (Phi) is 5.32. The van der Waals surface area contributed by atoms with Gasteiger partial charge in [0.2, 0.25) is 0 Å². The number of rotatable bonds is 5. The third-order valence-corrected chi connectivity index (χ3v) is 2.65. The molecule has 0 atom stereocenters. The molecule has 2 aromatic rings. The molecule has 20 heavy (non-hydrogen) atoms. The summed E-state index contributed by atoms with van der Waals surface area (Å²) in [5.41, 5.74) is 1.95. The van der Waals surface area contributed by atoms with Gasteiger partial charge >= 0.3 is 5.97 Å². The summed E-state index contributed by atoms with van der Waals surface area (Å²) < 4.78 is 4.98. The molecule has 0 saturated heterocycles. The number of hydrogen-bond acceptors (Lipinski definition) is 5. The van der Waals surface area contributed by atoms with Crippen molar-refractivity contribution >= 4 is 30.0 Å². The second-order valence-electron chi connectivity index (χ2n) is 3.94. The Balaban J connectivity index is 2.01. The second-order valence-corrected chi connectivity index (χ2v) is 4.39. The molecule has 0 heterocycles. The van der Waals surface area contributed by atoms with E-state index < -0.39 is 0 Å². The van der Waals surface area contributed by atoms with Gasteiger partial charge < -0.3 is 4.74 Å². The number of hydrogen-bond donors (Lipinski definition) is 1. The van der Waals surface area contributed by atoms with E-state index in [9.17, 15) is 4.79 Å². The minimum absolute atomic E-state index is 0.303. The quantitative estimate of drug-likeness (QED) is 0.509. The highest BCUT2D eigenvalue weighted by Gasteiger charge is 2.05. The molecule has 0 saturated carbocycles. The largest absolute Gasteiger partial charge is 0.461 e. The molecular formula is C15H14N2O2S. The molecule has 102 valence electrons. The molecule has 0 aliphatic carbocycles. The summed E-state index contributed by atoms with van der Waals surface area (Å²) in [7, 11) is 0. The maximum absolute atomic E-state index is 11.6. The zero-order chi connectivity index (χ0) is 14.2. The van der Waals surface area contributed by atoms with Crippen LogP contribution in [0.3, 0.4) is 0 Å². The van der Waals surface area contributed by atoms with E-state index in [1.807, 2.05) is 30.3 Å². The zero-order valence-corrected chi connectivity index (χ0v) is 11.7. The van der Waals surface area contributed by atoms with E-state index in [2.05, 4.69) is 22.9 Å². The normalized spacial score (nSPS) is 10.7. The summed E-state index contributed by atoms with van der Waals surface area (Å²) in [5.74, 6) is 0.153. The van der Waals surface area contributed by atoms with E-state index in [4.69, 9.17) is 4.74 Å². The molecule has 0 aliphatic heterocycles. The van der Waals surface area contributed by atoms with Gasteiger partial charge in [0.15, 0.2) is 0 Å². The second kappa shape index (κ2) is 7.45. The Morgan fingerprint density at radius 1 is 0.950 bits per heavy atom. The number of carbonyl (C=O) groups is 1. The number of thiol groups is 1. The van der Waals surface area contributed by atoms with E-state index in [1.165, 1.54) is 0 Å². The van der Waals surface area contributed by atoms with Gasteiger partial charge in [0.05, 0.1) is 16.9 Å². The summed E-state index contributed by atoms with van der Waals surface area (Å²) in [6, 6.07) is 16.2. The first-order valence-electron chi connectivity index (χ1n) is 6.14. The molecule has 2 rings (SSSR count). The van der Waals surface area contributed by atoms with Gasteiger partial charge in [-0.3, -0.25) is 0 Å². The van der Waals surface area contributed by atoms with Crippen LogP contribution in [-0.2, 0) is 4.74 Å². The van der Waals surface area contributed by atoms with Crippen LogP contribution >= 0.6 is 12.6 Å². The first kappa shape index (κ1) is 14.3. The predicted molar refractivity (Wildman–Crippen MR) is 81.2 cm³/mol. The van der Waals surface area contributed by atoms with E-state index >= 15 is 0 Å². The molecular weight excluding hydrogens is 272 g/mol. The summed E-state index contributed by atoms with van der Waals surface area (Å²) in [5, 5.41) is 8.20. The molecule has 0 fully saturated rings. The fourth-order valence-electron chi connectivity index (χ4n) is 1.50. The SMILES string of the molecule is O=C(OCCS)c1ccc(N=Nc2ccccc2)cc1. The topological polar surface area (TPSA) is 51.0 Å². The molecule has 0 N–H and O–H groups in total. The minimum Gasteiger partial charge on any atom is -0.461 e. The summed E-state index contributed by atoms with van der Waals surface area (Å²) >= 11 is 3.98. The lowest BCUT2D eigenvalue weighted by Crippen LogP contribution is -2.06. The van der Waals surface area contributed by atoms with Crippen LogP contribution in [0.1, 0.15) is 10.4 Å². The molecule has 5 heteroatoms. The molecule has 0 bridgehead atoms. The lowest BCUT2D eigenvalue weighted by Gasteiger charge is -2.02. The van der Waals surface area contributed by atoms with Crippen molar-refractivity contribution in [3.63, 3.8) is 0 Å². The maximum atomic E-state index is 11.6. The minimum atomic E-state index is -0.356. The van der Waals surface area contributed by atoms with Gasteiger partial charge in [-0.05, 0) is 36.4 Å². The molecule has 4 nitrogen and oxygen atoms in total. The standard InChI is InChI=1S/C15H14N2O2S/c18-15(19-10-11-20)12-6-8-14(9-7-12)17-16-13-4-2-1-3-5-13/h1-9,20H,10-11H2. The van der Waals surface area contributed by atoms with E-state index in [0.717, 1.165) is 5.69 Å². The van der Waals surface area contributed by atoms with Crippen molar-refractivity contribution in [1.82, 2.24) is 0 Å². The lowest BCUT2D eigenvalue weighted by molar-refractivity contribution is 0.0530. The van der Waals surface area contributed by atoms with Gasteiger partial charge in [0.25, 0.3) is 0 Å². The monoisotopic (exact) mass is 286 g/mol. The average Bonchev–Trinajstić information content (AvgIpc) is 2.52. The summed E-state index contributed by atoms with van der Waals surface area (Å²) in [6.45, 7) is 0.303. The van der Waals surface area contributed by atoms with Crippen LogP contribution in [0.25, 0.3) is 0 Å². The highest BCUT2D eigenvalue weighted by atomic mass is 32.1. The molecule has 2 aromatic carbocycles. The zero-order valence-electron chi connectivity index (χ0n) is 10.8. The average molecular weight is 286 g/mol. The van der Waals surface area contributed by atoms with Crippen molar-refractivity contribution in [1.29, 1.82) is 0 Å². The number of ether oxygens (including phenoxy) is 1. The van der Waals surface area contributed by atoms with Crippen LogP contribution in [-0.4, -0.2) is 18.3 Å². The molecule has 0 radical (unpaired) electrons. The van der Waals surface area contributed by atoms with E-state index in [0.29, 0.717) is 23.6 Å². The van der Waals surface area contributed by atoms with Crippen molar-refractivity contribution in [2.75, 3.05) is 12.4 Å². The van der Waals surface area contributed by atoms with Gasteiger partial charge in [-0.1, -0.05) is 18.2 Å². The third-order valence-electron chi connectivity index (χ3n) is 2.46. The molecule has 0 aromatic heterocycles. The van der Waals surface area contributed by atoms with Crippen LogP contribution in [0.4, 0.5) is 11.4 Å². The molecule has 0 aliphatic rings.